The van der Waals surface area contributed by atoms with Gasteiger partial charge in [0.2, 0.25) is 11.8 Å². The third-order valence-corrected chi connectivity index (χ3v) is 7.04. The number of anilines is 2. The molecule has 1 atom stereocenters. The van der Waals surface area contributed by atoms with Crippen molar-refractivity contribution in [2.45, 2.75) is 19.0 Å². The number of amides is 4. The standard InChI is InChI=1S/C33H30ClN9O3/c1-42(21-24-8-5-17-35-20-24)33(46)38-28-13-11-27(12-14-28)37-32(45)29(18-23-6-3-2-4-7-23)39-31(44)16-9-25-19-26(34)10-15-30(25)43-22-36-40-41-43/h2-17,19-20,22,29H,18,21H2,1H3,(H,37,45)(H,38,46)(H,39,44). The minimum absolute atomic E-state index is 0.261. The van der Waals surface area contributed by atoms with Crippen LogP contribution in [0, 0.1) is 0 Å². The van der Waals surface area contributed by atoms with E-state index < -0.39 is 17.9 Å². The van der Waals surface area contributed by atoms with Crippen molar-refractivity contribution in [3.8, 4) is 5.69 Å². The fourth-order valence-electron chi connectivity index (χ4n) is 4.51. The molecule has 0 fully saturated rings. The number of aromatic nitrogens is 5. The minimum Gasteiger partial charge on any atom is -0.340 e. The first-order chi connectivity index (χ1) is 22.3. The summed E-state index contributed by atoms with van der Waals surface area (Å²) in [5.41, 5.74) is 4.06. The Morgan fingerprint density at radius 1 is 0.935 bits per heavy atom. The summed E-state index contributed by atoms with van der Waals surface area (Å²) in [5.74, 6) is -0.886. The summed E-state index contributed by atoms with van der Waals surface area (Å²) in [6.07, 6.45) is 7.99. The topological polar surface area (TPSA) is 147 Å². The van der Waals surface area contributed by atoms with Gasteiger partial charge in [0, 0.05) is 60.4 Å². The molecule has 232 valence electrons. The fraction of sp³-hybridized carbons (Fsp3) is 0.121. The molecule has 0 aliphatic heterocycles. The van der Waals surface area contributed by atoms with Crippen molar-refractivity contribution in [2.24, 2.45) is 0 Å². The predicted molar refractivity (Wildman–Crippen MR) is 175 cm³/mol. The molecule has 0 spiro atoms. The predicted octanol–water partition coefficient (Wildman–Crippen LogP) is 4.75. The van der Waals surface area contributed by atoms with Crippen LogP contribution in [0.4, 0.5) is 16.2 Å². The molecule has 5 rings (SSSR count). The van der Waals surface area contributed by atoms with Gasteiger partial charge in [-0.2, -0.15) is 4.68 Å². The normalized spacial score (nSPS) is 11.5. The molecular weight excluding hydrogens is 606 g/mol. The summed E-state index contributed by atoms with van der Waals surface area (Å²) in [6.45, 7) is 0.400. The van der Waals surface area contributed by atoms with Crippen LogP contribution in [0.25, 0.3) is 11.8 Å². The number of carbonyl (C=O) groups is 3. The number of halogens is 1. The average molecular weight is 636 g/mol. The van der Waals surface area contributed by atoms with Crippen molar-refractivity contribution in [3.63, 3.8) is 0 Å². The number of hydrogen-bond acceptors (Lipinski definition) is 7. The lowest BCUT2D eigenvalue weighted by molar-refractivity contribution is -0.123. The molecular formula is C33H30ClN9O3. The zero-order chi connectivity index (χ0) is 32.3. The third-order valence-electron chi connectivity index (χ3n) is 6.81. The van der Waals surface area contributed by atoms with Gasteiger partial charge in [0.25, 0.3) is 0 Å². The molecule has 0 aliphatic carbocycles. The quantitative estimate of drug-likeness (QED) is 0.177. The lowest BCUT2D eigenvalue weighted by Crippen LogP contribution is -2.44. The van der Waals surface area contributed by atoms with Crippen LogP contribution in [-0.4, -0.2) is 61.0 Å². The molecule has 0 saturated carbocycles. The number of pyridine rings is 1. The van der Waals surface area contributed by atoms with Crippen LogP contribution in [0.2, 0.25) is 5.02 Å². The van der Waals surface area contributed by atoms with Gasteiger partial charge in [-0.15, -0.1) is 5.10 Å². The molecule has 12 nitrogen and oxygen atoms in total. The van der Waals surface area contributed by atoms with Crippen LogP contribution in [0.3, 0.4) is 0 Å². The molecule has 46 heavy (non-hydrogen) atoms. The Labute approximate surface area is 270 Å². The number of carbonyl (C=O) groups excluding carboxylic acids is 3. The van der Waals surface area contributed by atoms with Crippen molar-refractivity contribution in [1.82, 2.24) is 35.4 Å². The molecule has 3 N–H and O–H groups in total. The smallest absolute Gasteiger partial charge is 0.321 e. The molecule has 13 heteroatoms. The molecule has 0 radical (unpaired) electrons. The van der Waals surface area contributed by atoms with Crippen LogP contribution < -0.4 is 16.0 Å². The van der Waals surface area contributed by atoms with Gasteiger partial charge >= 0.3 is 6.03 Å². The summed E-state index contributed by atoms with van der Waals surface area (Å²) in [7, 11) is 1.69. The molecule has 5 aromatic rings. The number of hydrogen-bond donors (Lipinski definition) is 3. The zero-order valence-corrected chi connectivity index (χ0v) is 25.5. The molecule has 2 heterocycles. The van der Waals surface area contributed by atoms with Gasteiger partial charge in [-0.1, -0.05) is 48.0 Å². The second-order valence-electron chi connectivity index (χ2n) is 10.3. The Hall–Kier alpha value is -5.88. The molecule has 0 bridgehead atoms. The second-order valence-corrected chi connectivity index (χ2v) is 10.7. The van der Waals surface area contributed by atoms with Gasteiger partial charge in [0.1, 0.15) is 12.4 Å². The molecule has 3 aromatic carbocycles. The van der Waals surface area contributed by atoms with E-state index in [1.807, 2.05) is 42.5 Å². The molecule has 2 aromatic heterocycles. The SMILES string of the molecule is CN(Cc1cccnc1)C(=O)Nc1ccc(NC(=O)C(Cc2ccccc2)NC(=O)C=Cc2cc(Cl)ccc2-n2cnnn2)cc1. The van der Waals surface area contributed by atoms with E-state index in [0.29, 0.717) is 34.2 Å². The van der Waals surface area contributed by atoms with Gasteiger partial charge in [-0.25, -0.2) is 4.79 Å². The number of rotatable bonds is 11. The number of nitrogens with one attached hydrogen (secondary N) is 3. The van der Waals surface area contributed by atoms with E-state index in [1.165, 1.54) is 22.0 Å². The van der Waals surface area contributed by atoms with Gasteiger partial charge in [0.05, 0.1) is 5.69 Å². The number of tetrazole rings is 1. The molecule has 0 aliphatic rings. The van der Waals surface area contributed by atoms with Crippen molar-refractivity contribution >= 4 is 46.9 Å². The monoisotopic (exact) mass is 635 g/mol. The lowest BCUT2D eigenvalue weighted by Gasteiger charge is -2.19. The first kappa shape index (κ1) is 31.5. The summed E-state index contributed by atoms with van der Waals surface area (Å²) < 4.78 is 1.46. The van der Waals surface area contributed by atoms with E-state index in [4.69, 9.17) is 11.6 Å². The summed E-state index contributed by atoms with van der Waals surface area (Å²) in [4.78, 5) is 44.8. The van der Waals surface area contributed by atoms with E-state index in [0.717, 1.165) is 11.1 Å². The van der Waals surface area contributed by atoms with Crippen LogP contribution in [-0.2, 0) is 22.6 Å². The first-order valence-electron chi connectivity index (χ1n) is 14.2. The van der Waals surface area contributed by atoms with E-state index in [-0.39, 0.29) is 12.5 Å². The van der Waals surface area contributed by atoms with Gasteiger partial charge in [0.15, 0.2) is 0 Å². The summed E-state index contributed by atoms with van der Waals surface area (Å²) in [6, 6.07) is 23.8. The number of nitrogens with zero attached hydrogens (tertiary/aromatic N) is 6. The van der Waals surface area contributed by atoms with E-state index >= 15 is 0 Å². The highest BCUT2D eigenvalue weighted by molar-refractivity contribution is 6.30. The van der Waals surface area contributed by atoms with Crippen LogP contribution in [0.5, 0.6) is 0 Å². The van der Waals surface area contributed by atoms with E-state index in [1.54, 1.807) is 68.0 Å². The number of urea groups is 1. The maximum Gasteiger partial charge on any atom is 0.321 e. The Morgan fingerprint density at radius 3 is 2.37 bits per heavy atom. The van der Waals surface area contributed by atoms with Crippen molar-refractivity contribution < 1.29 is 14.4 Å². The summed E-state index contributed by atoms with van der Waals surface area (Å²) in [5, 5.41) is 20.2. The highest BCUT2D eigenvalue weighted by Crippen LogP contribution is 2.20. The zero-order valence-electron chi connectivity index (χ0n) is 24.7. The van der Waals surface area contributed by atoms with E-state index in [2.05, 4.69) is 36.5 Å². The number of benzene rings is 3. The van der Waals surface area contributed by atoms with Crippen molar-refractivity contribution in [2.75, 3.05) is 17.7 Å². The first-order valence-corrected chi connectivity index (χ1v) is 14.6. The van der Waals surface area contributed by atoms with E-state index in [9.17, 15) is 14.4 Å². The highest BCUT2D eigenvalue weighted by Gasteiger charge is 2.21. The maximum atomic E-state index is 13.4. The average Bonchev–Trinajstić information content (AvgIpc) is 3.60. The third kappa shape index (κ3) is 8.83. The molecule has 0 saturated heterocycles. The van der Waals surface area contributed by atoms with Crippen molar-refractivity contribution in [1.29, 1.82) is 0 Å². The Bertz CT molecular complexity index is 1800. The van der Waals surface area contributed by atoms with Crippen LogP contribution in [0.1, 0.15) is 16.7 Å². The molecule has 4 amide bonds. The minimum atomic E-state index is -0.890. The second kappa shape index (κ2) is 15.2. The Morgan fingerprint density at radius 2 is 1.67 bits per heavy atom. The van der Waals surface area contributed by atoms with Gasteiger partial charge in [-0.05, 0) is 76.2 Å². The van der Waals surface area contributed by atoms with Crippen LogP contribution in [0.15, 0.2) is 110 Å². The van der Waals surface area contributed by atoms with Crippen LogP contribution >= 0.6 is 11.6 Å². The van der Waals surface area contributed by atoms with Gasteiger partial charge in [-0.3, -0.25) is 14.6 Å². The van der Waals surface area contributed by atoms with Crippen molar-refractivity contribution in [3.05, 3.63) is 131 Å². The molecule has 1 unspecified atom stereocenters. The largest absolute Gasteiger partial charge is 0.340 e. The summed E-state index contributed by atoms with van der Waals surface area (Å²) >= 11 is 6.19. The Balaban J connectivity index is 1.24. The Kier molecular flexibility index (Phi) is 10.4. The maximum absolute atomic E-state index is 13.4. The van der Waals surface area contributed by atoms with Gasteiger partial charge < -0.3 is 20.9 Å². The fourth-order valence-corrected chi connectivity index (χ4v) is 4.69. The highest BCUT2D eigenvalue weighted by atomic mass is 35.5. The lowest BCUT2D eigenvalue weighted by atomic mass is 10.0.